The minimum atomic E-state index is -1.14. The van der Waals surface area contributed by atoms with E-state index in [9.17, 15) is 29.5 Å². The highest BCUT2D eigenvalue weighted by Gasteiger charge is 2.26. The molecule has 0 saturated carbocycles. The number of ether oxygens (including phenoxy) is 3. The Kier molecular flexibility index (Phi) is 20.9. The van der Waals surface area contributed by atoms with Crippen molar-refractivity contribution in [2.24, 2.45) is 0 Å². The maximum absolute atomic E-state index is 12.9. The predicted molar refractivity (Wildman–Crippen MR) is 217 cm³/mol. The number of esters is 3. The van der Waals surface area contributed by atoms with E-state index in [0.29, 0.717) is 69.2 Å². The van der Waals surface area contributed by atoms with Crippen molar-refractivity contribution in [3.8, 4) is 0 Å². The molecule has 1 aromatic heterocycles. The minimum Gasteiger partial charge on any atom is -0.618 e. The molecule has 0 atom stereocenters. The summed E-state index contributed by atoms with van der Waals surface area (Å²) in [5.41, 5.74) is -1.70. The van der Waals surface area contributed by atoms with Gasteiger partial charge in [0, 0.05) is 76.6 Å². The minimum absolute atomic E-state index is 0.00429. The third kappa shape index (κ3) is 22.4. The van der Waals surface area contributed by atoms with Crippen LogP contribution in [0.3, 0.4) is 0 Å². The van der Waals surface area contributed by atoms with Crippen LogP contribution in [0.5, 0.6) is 0 Å². The Morgan fingerprint density at radius 1 is 0.679 bits per heavy atom. The molecule has 0 bridgehead atoms. The van der Waals surface area contributed by atoms with Crippen LogP contribution < -0.4 is 4.73 Å². The van der Waals surface area contributed by atoms with E-state index < -0.39 is 22.8 Å². The number of rotatable bonds is 12. The second-order valence-electron chi connectivity index (χ2n) is 17.9. The van der Waals surface area contributed by atoms with Crippen LogP contribution in [0.15, 0.2) is 18.3 Å². The highest BCUT2D eigenvalue weighted by Crippen LogP contribution is 2.13. The summed E-state index contributed by atoms with van der Waals surface area (Å²) in [5.74, 6) is -2.28. The van der Waals surface area contributed by atoms with Crippen molar-refractivity contribution in [1.29, 1.82) is 0 Å². The van der Waals surface area contributed by atoms with Crippen molar-refractivity contribution in [1.82, 2.24) is 24.5 Å². The van der Waals surface area contributed by atoms with Crippen LogP contribution in [-0.4, -0.2) is 161 Å². The first-order valence-electron chi connectivity index (χ1n) is 19.9. The van der Waals surface area contributed by atoms with Crippen molar-refractivity contribution in [2.45, 2.75) is 132 Å². The summed E-state index contributed by atoms with van der Waals surface area (Å²) in [6.45, 7) is 32.2. The van der Waals surface area contributed by atoms with Gasteiger partial charge < -0.3 is 24.5 Å². The Morgan fingerprint density at radius 2 is 1.00 bits per heavy atom. The molecular weight excluding hydrogens is 720 g/mol. The third-order valence-electron chi connectivity index (χ3n) is 8.57. The number of pyridine rings is 1. The summed E-state index contributed by atoms with van der Waals surface area (Å²) in [6.07, 6.45) is 1.18. The lowest BCUT2D eigenvalue weighted by molar-refractivity contribution is -0.615. The summed E-state index contributed by atoms with van der Waals surface area (Å²) in [7, 11) is 0. The molecule has 1 aromatic rings. The molecule has 0 aliphatic carbocycles. The standard InChI is InChI=1S/C33H55N5O9.C8H19N/c1-31(2,3)45-27(39)22-35-14-12-34(21-26-20-25(30(42)43)10-11-38(26)44)13-15-36(23-28(40)46-32(4,5)6)17-19-37(18-16-35)24-29(41)47-33(7,8)9;1-6-9(7(2)3)8(4)5/h10-11,20H,12-19,21-24H2,1-9H3,(H,42,43);7-8H,6H2,1-5H3. The fraction of sp³-hybridized carbons (Fsp3) is 0.780. The lowest BCUT2D eigenvalue weighted by Crippen LogP contribution is -2.49. The number of carbonyl (C=O) groups excluding carboxylic acids is 3. The van der Waals surface area contributed by atoms with Gasteiger partial charge in [-0.05, 0) is 96.6 Å². The van der Waals surface area contributed by atoms with Gasteiger partial charge in [-0.2, -0.15) is 4.73 Å². The molecule has 322 valence electrons. The van der Waals surface area contributed by atoms with Gasteiger partial charge in [-0.25, -0.2) is 4.79 Å². The van der Waals surface area contributed by atoms with Crippen molar-refractivity contribution in [2.75, 3.05) is 78.5 Å². The number of nitrogens with zero attached hydrogens (tertiary/aromatic N) is 6. The zero-order chi connectivity index (χ0) is 43.0. The fourth-order valence-corrected chi connectivity index (χ4v) is 6.22. The van der Waals surface area contributed by atoms with E-state index in [-0.39, 0.29) is 55.3 Å². The van der Waals surface area contributed by atoms with Gasteiger partial charge in [0.1, 0.15) is 16.8 Å². The number of carboxylic acids is 1. The van der Waals surface area contributed by atoms with Crippen molar-refractivity contribution < 1.29 is 43.2 Å². The summed E-state index contributed by atoms with van der Waals surface area (Å²) >= 11 is 0. The van der Waals surface area contributed by atoms with Crippen LogP contribution in [0.1, 0.15) is 113 Å². The average Bonchev–Trinajstić information content (AvgIpc) is 3.00. The van der Waals surface area contributed by atoms with Crippen LogP contribution >= 0.6 is 0 Å². The highest BCUT2D eigenvalue weighted by atomic mass is 16.6. The molecule has 1 N–H and O–H groups in total. The van der Waals surface area contributed by atoms with E-state index in [1.165, 1.54) is 18.3 Å². The quantitative estimate of drug-likeness (QED) is 0.141. The smallest absolute Gasteiger partial charge is 0.336 e. The van der Waals surface area contributed by atoms with Crippen molar-refractivity contribution in [3.05, 3.63) is 34.8 Å². The molecule has 0 radical (unpaired) electrons. The van der Waals surface area contributed by atoms with Gasteiger partial charge in [-0.1, -0.05) is 6.92 Å². The van der Waals surface area contributed by atoms with Crippen LogP contribution in [0, 0.1) is 5.21 Å². The number of hydrogen-bond acceptors (Lipinski definition) is 13. The predicted octanol–water partition coefficient (Wildman–Crippen LogP) is 3.89. The average molecular weight is 795 g/mol. The first kappa shape index (κ1) is 50.6. The highest BCUT2D eigenvalue weighted by molar-refractivity contribution is 5.87. The Hall–Kier alpha value is -3.37. The van der Waals surface area contributed by atoms with Crippen LogP contribution in [0.4, 0.5) is 0 Å². The van der Waals surface area contributed by atoms with E-state index in [0.717, 1.165) is 6.54 Å². The Balaban J connectivity index is 0.00000154. The number of carbonyl (C=O) groups is 4. The Morgan fingerprint density at radius 3 is 1.25 bits per heavy atom. The lowest BCUT2D eigenvalue weighted by Gasteiger charge is -2.34. The second-order valence-corrected chi connectivity index (χ2v) is 17.9. The van der Waals surface area contributed by atoms with Gasteiger partial charge in [-0.3, -0.25) is 38.9 Å². The van der Waals surface area contributed by atoms with Crippen LogP contribution in [-0.2, 0) is 35.1 Å². The van der Waals surface area contributed by atoms with Gasteiger partial charge in [0.05, 0.1) is 31.7 Å². The monoisotopic (exact) mass is 795 g/mol. The molecule has 0 aromatic carbocycles. The van der Waals surface area contributed by atoms with Crippen LogP contribution in [0.25, 0.3) is 0 Å². The molecule has 1 saturated heterocycles. The SMILES string of the molecule is CC(C)(C)OC(=O)CN1CCN(CC(=O)OC(C)(C)C)CCN(Cc2cc(C(=O)O)cc[n+]2[O-])CCN(CC(=O)OC(C)(C)C)CC1.CCN(C(C)C)C(C)C. The molecule has 0 amide bonds. The van der Waals surface area contributed by atoms with Gasteiger partial charge in [0.2, 0.25) is 5.69 Å². The Bertz CT molecular complexity index is 1330. The van der Waals surface area contributed by atoms with Gasteiger partial charge in [0.25, 0.3) is 0 Å². The largest absolute Gasteiger partial charge is 0.618 e. The van der Waals surface area contributed by atoms with Gasteiger partial charge in [-0.15, -0.1) is 0 Å². The lowest BCUT2D eigenvalue weighted by atomic mass is 10.2. The van der Waals surface area contributed by atoms with Gasteiger partial charge in [0.15, 0.2) is 6.20 Å². The van der Waals surface area contributed by atoms with Gasteiger partial charge >= 0.3 is 23.9 Å². The second kappa shape index (κ2) is 23.1. The zero-order valence-corrected chi connectivity index (χ0v) is 37.0. The number of carboxylic acid groups (broad SMARTS) is 1. The molecule has 15 heteroatoms. The molecule has 15 nitrogen and oxygen atoms in total. The maximum Gasteiger partial charge on any atom is 0.336 e. The summed E-state index contributed by atoms with van der Waals surface area (Å²) < 4.78 is 17.4. The maximum atomic E-state index is 12.9. The third-order valence-corrected chi connectivity index (χ3v) is 8.57. The van der Waals surface area contributed by atoms with E-state index in [1.807, 2.05) is 40.4 Å². The molecule has 0 unspecified atom stereocenters. The number of aromatic carboxylic acids is 1. The van der Waals surface area contributed by atoms with E-state index in [2.05, 4.69) is 39.5 Å². The summed E-state index contributed by atoms with van der Waals surface area (Å²) in [6, 6.07) is 3.99. The molecule has 56 heavy (non-hydrogen) atoms. The van der Waals surface area contributed by atoms with E-state index >= 15 is 0 Å². The van der Waals surface area contributed by atoms with Crippen molar-refractivity contribution >= 4 is 23.9 Å². The summed E-state index contributed by atoms with van der Waals surface area (Å²) in [5, 5.41) is 22.1. The number of hydrogen-bond donors (Lipinski definition) is 1. The normalized spacial score (nSPS) is 16.4. The van der Waals surface area contributed by atoms with E-state index in [1.54, 1.807) is 41.5 Å². The van der Waals surface area contributed by atoms with Crippen molar-refractivity contribution in [3.63, 3.8) is 0 Å². The molecule has 1 fully saturated rings. The molecule has 0 spiro atoms. The molecule has 2 rings (SSSR count). The fourth-order valence-electron chi connectivity index (χ4n) is 6.22. The summed E-state index contributed by atoms with van der Waals surface area (Å²) in [4.78, 5) is 60.5. The first-order chi connectivity index (χ1) is 25.7. The molecular formula is C41H74N6O9. The zero-order valence-electron chi connectivity index (χ0n) is 37.0. The topological polar surface area (TPSA) is 159 Å². The first-order valence-corrected chi connectivity index (χ1v) is 19.9. The molecule has 1 aliphatic rings. The van der Waals surface area contributed by atoms with E-state index in [4.69, 9.17) is 14.2 Å². The Labute approximate surface area is 336 Å². The van der Waals surface area contributed by atoms with Crippen LogP contribution in [0.2, 0.25) is 0 Å². The molecule has 1 aliphatic heterocycles. The molecule has 2 heterocycles. The number of aromatic nitrogens is 1.